The van der Waals surface area contributed by atoms with Crippen LogP contribution in [0.1, 0.15) is 38.3 Å². The first kappa shape index (κ1) is 14.2. The van der Waals surface area contributed by atoms with Crippen molar-refractivity contribution >= 4 is 11.9 Å². The fraction of sp³-hybridized carbons (Fsp3) is 0.429. The van der Waals surface area contributed by atoms with E-state index in [2.05, 4.69) is 5.32 Å². The lowest BCUT2D eigenvalue weighted by atomic mass is 10.0. The lowest BCUT2D eigenvalue weighted by Crippen LogP contribution is -2.30. The minimum absolute atomic E-state index is 0.0751. The van der Waals surface area contributed by atoms with E-state index < -0.39 is 5.97 Å². The van der Waals surface area contributed by atoms with E-state index in [-0.39, 0.29) is 30.7 Å². The molecule has 0 aromatic heterocycles. The van der Waals surface area contributed by atoms with Crippen molar-refractivity contribution in [2.24, 2.45) is 5.92 Å². The summed E-state index contributed by atoms with van der Waals surface area (Å²) < 4.78 is 0. The fourth-order valence-electron chi connectivity index (χ4n) is 1.80. The predicted molar refractivity (Wildman–Crippen MR) is 66.4 cm³/mol. The van der Waals surface area contributed by atoms with Crippen LogP contribution in [-0.2, 0) is 9.59 Å². The van der Waals surface area contributed by atoms with Crippen LogP contribution in [0.3, 0.4) is 0 Å². The lowest BCUT2D eigenvalue weighted by Gasteiger charge is -2.16. The number of carboxylic acid groups (broad SMARTS) is 1. The Morgan fingerprint density at radius 1 is 1.17 bits per heavy atom. The molecule has 0 unspecified atom stereocenters. The summed E-state index contributed by atoms with van der Waals surface area (Å²) in [5.41, 5.74) is 1.03. The van der Waals surface area contributed by atoms with Crippen molar-refractivity contribution in [3.05, 3.63) is 35.9 Å². The summed E-state index contributed by atoms with van der Waals surface area (Å²) in [6.45, 7) is 3.62. The molecule has 0 spiro atoms. The molecule has 0 saturated heterocycles. The van der Waals surface area contributed by atoms with E-state index >= 15 is 0 Å². The monoisotopic (exact) mass is 248 g/mol. The van der Waals surface area contributed by atoms with Gasteiger partial charge in [0.25, 0.3) is 0 Å². The van der Waals surface area contributed by atoms with Crippen molar-refractivity contribution in [2.45, 2.75) is 32.7 Å². The number of carbonyl (C=O) groups excluding carboxylic acids is 2. The molecular formula is C14H18NO3-. The molecule has 18 heavy (non-hydrogen) atoms. The number of carboxylic acids is 1. The Hall–Kier alpha value is -1.84. The van der Waals surface area contributed by atoms with Crippen molar-refractivity contribution in [1.29, 1.82) is 0 Å². The summed E-state index contributed by atoms with van der Waals surface area (Å²) in [5, 5.41) is 13.2. The van der Waals surface area contributed by atoms with Crippen molar-refractivity contribution in [3.63, 3.8) is 0 Å². The standard InChI is InChI=1S/C14H19NO3/c1-10(9-14(17)18)8-13(16)15-11(2)12-6-4-3-5-7-12/h3-7,10-11H,8-9H2,1-2H3,(H,15,16)(H,17,18)/p-1/t10-,11-/m1/s1. The van der Waals surface area contributed by atoms with Gasteiger partial charge < -0.3 is 15.2 Å². The van der Waals surface area contributed by atoms with Crippen LogP contribution in [0, 0.1) is 5.92 Å². The van der Waals surface area contributed by atoms with E-state index in [0.717, 1.165) is 5.56 Å². The number of rotatable bonds is 6. The molecule has 1 amide bonds. The van der Waals surface area contributed by atoms with Gasteiger partial charge in [-0.2, -0.15) is 0 Å². The van der Waals surface area contributed by atoms with Gasteiger partial charge in [0.05, 0.1) is 6.04 Å². The Bertz CT molecular complexity index is 403. The molecule has 0 radical (unpaired) electrons. The second kappa shape index (κ2) is 6.79. The average Bonchev–Trinajstić information content (AvgIpc) is 2.28. The van der Waals surface area contributed by atoms with Gasteiger partial charge in [0, 0.05) is 12.4 Å². The molecule has 0 aliphatic heterocycles. The fourth-order valence-corrected chi connectivity index (χ4v) is 1.80. The lowest BCUT2D eigenvalue weighted by molar-refractivity contribution is -0.306. The molecule has 1 rings (SSSR count). The molecule has 4 nitrogen and oxygen atoms in total. The van der Waals surface area contributed by atoms with Gasteiger partial charge in [-0.3, -0.25) is 4.79 Å². The smallest absolute Gasteiger partial charge is 0.220 e. The van der Waals surface area contributed by atoms with Crippen molar-refractivity contribution < 1.29 is 14.7 Å². The van der Waals surface area contributed by atoms with Crippen LogP contribution in [0.4, 0.5) is 0 Å². The first-order valence-corrected chi connectivity index (χ1v) is 6.03. The minimum Gasteiger partial charge on any atom is -0.550 e. The first-order chi connectivity index (χ1) is 8.49. The topological polar surface area (TPSA) is 69.2 Å². The highest BCUT2D eigenvalue weighted by molar-refractivity contribution is 5.77. The van der Waals surface area contributed by atoms with Crippen molar-refractivity contribution in [1.82, 2.24) is 5.32 Å². The van der Waals surface area contributed by atoms with Gasteiger partial charge in [-0.15, -0.1) is 0 Å². The molecule has 0 aliphatic rings. The molecule has 1 aromatic rings. The van der Waals surface area contributed by atoms with Gasteiger partial charge in [-0.1, -0.05) is 37.3 Å². The molecule has 2 atom stereocenters. The van der Waals surface area contributed by atoms with Crippen LogP contribution in [0.5, 0.6) is 0 Å². The van der Waals surface area contributed by atoms with E-state index in [0.29, 0.717) is 0 Å². The van der Waals surface area contributed by atoms with Crippen molar-refractivity contribution in [3.8, 4) is 0 Å². The summed E-state index contributed by atoms with van der Waals surface area (Å²) in [6.07, 6.45) is 0.109. The maximum absolute atomic E-state index is 11.7. The Morgan fingerprint density at radius 3 is 2.33 bits per heavy atom. The first-order valence-electron chi connectivity index (χ1n) is 6.03. The van der Waals surface area contributed by atoms with Crippen LogP contribution in [-0.4, -0.2) is 11.9 Å². The second-order valence-electron chi connectivity index (χ2n) is 4.59. The summed E-state index contributed by atoms with van der Waals surface area (Å²) in [4.78, 5) is 22.1. The number of nitrogens with one attached hydrogen (secondary N) is 1. The zero-order chi connectivity index (χ0) is 13.5. The molecule has 0 heterocycles. The maximum atomic E-state index is 11.7. The Labute approximate surface area is 107 Å². The molecule has 1 aromatic carbocycles. The minimum atomic E-state index is -1.12. The third-order valence-electron chi connectivity index (χ3n) is 2.73. The van der Waals surface area contributed by atoms with Crippen LogP contribution < -0.4 is 10.4 Å². The number of aliphatic carboxylic acids is 1. The van der Waals surface area contributed by atoms with Gasteiger partial charge in [0.15, 0.2) is 0 Å². The SMILES string of the molecule is C[C@@H](CC(=O)[O-])CC(=O)N[C@H](C)c1ccccc1. The zero-order valence-electron chi connectivity index (χ0n) is 10.7. The summed E-state index contributed by atoms with van der Waals surface area (Å²) in [7, 11) is 0. The van der Waals surface area contributed by atoms with E-state index in [1.807, 2.05) is 37.3 Å². The third kappa shape index (κ3) is 4.99. The van der Waals surface area contributed by atoms with E-state index in [1.165, 1.54) is 0 Å². The van der Waals surface area contributed by atoms with Crippen LogP contribution >= 0.6 is 0 Å². The van der Waals surface area contributed by atoms with Crippen LogP contribution in [0.15, 0.2) is 30.3 Å². The molecule has 0 fully saturated rings. The second-order valence-corrected chi connectivity index (χ2v) is 4.59. The molecule has 4 heteroatoms. The largest absolute Gasteiger partial charge is 0.550 e. The summed E-state index contributed by atoms with van der Waals surface area (Å²) in [5.74, 6) is -1.47. The maximum Gasteiger partial charge on any atom is 0.220 e. The Morgan fingerprint density at radius 2 is 1.78 bits per heavy atom. The summed E-state index contributed by atoms with van der Waals surface area (Å²) >= 11 is 0. The normalized spacial score (nSPS) is 13.7. The number of carbonyl (C=O) groups is 2. The molecular weight excluding hydrogens is 230 g/mol. The number of benzene rings is 1. The summed E-state index contributed by atoms with van der Waals surface area (Å²) in [6, 6.07) is 9.55. The number of hydrogen-bond acceptors (Lipinski definition) is 3. The quantitative estimate of drug-likeness (QED) is 0.817. The number of hydrogen-bond donors (Lipinski definition) is 1. The van der Waals surface area contributed by atoms with E-state index in [4.69, 9.17) is 0 Å². The van der Waals surface area contributed by atoms with Gasteiger partial charge in [0.2, 0.25) is 5.91 Å². The van der Waals surface area contributed by atoms with Gasteiger partial charge >= 0.3 is 0 Å². The number of amides is 1. The molecule has 98 valence electrons. The molecule has 0 aliphatic carbocycles. The molecule has 0 saturated carbocycles. The molecule has 1 N–H and O–H groups in total. The zero-order valence-corrected chi connectivity index (χ0v) is 10.7. The van der Waals surface area contributed by atoms with Crippen LogP contribution in [0.25, 0.3) is 0 Å². The van der Waals surface area contributed by atoms with Crippen LogP contribution in [0.2, 0.25) is 0 Å². The predicted octanol–water partition coefficient (Wildman–Crippen LogP) is 1.03. The molecule has 0 bridgehead atoms. The van der Waals surface area contributed by atoms with Crippen molar-refractivity contribution in [2.75, 3.05) is 0 Å². The highest BCUT2D eigenvalue weighted by atomic mass is 16.4. The average molecular weight is 248 g/mol. The Balaban J connectivity index is 2.43. The Kier molecular flexibility index (Phi) is 5.36. The third-order valence-corrected chi connectivity index (χ3v) is 2.73. The highest BCUT2D eigenvalue weighted by Gasteiger charge is 2.12. The highest BCUT2D eigenvalue weighted by Crippen LogP contribution is 2.13. The van der Waals surface area contributed by atoms with Gasteiger partial charge in [-0.25, -0.2) is 0 Å². The van der Waals surface area contributed by atoms with Gasteiger partial charge in [0.1, 0.15) is 0 Å². The van der Waals surface area contributed by atoms with E-state index in [1.54, 1.807) is 6.92 Å². The van der Waals surface area contributed by atoms with E-state index in [9.17, 15) is 14.7 Å². The van der Waals surface area contributed by atoms with Gasteiger partial charge in [-0.05, 0) is 24.8 Å².